The predicted octanol–water partition coefficient (Wildman–Crippen LogP) is 8.06. The van der Waals surface area contributed by atoms with Gasteiger partial charge in [-0.05, 0) is 95.2 Å². The van der Waals surface area contributed by atoms with Crippen LogP contribution in [-0.2, 0) is 26.8 Å². The van der Waals surface area contributed by atoms with Gasteiger partial charge in [-0.25, -0.2) is 13.2 Å². The number of carboxylic acids is 1. The van der Waals surface area contributed by atoms with Crippen LogP contribution in [0.15, 0.2) is 71.6 Å². The van der Waals surface area contributed by atoms with Crippen LogP contribution in [0.25, 0.3) is 11.1 Å². The third-order valence-corrected chi connectivity index (χ3v) is 11.7. The number of thioether (sulfide) groups is 1. The molecule has 3 aromatic rings. The molecule has 1 fully saturated rings. The van der Waals surface area contributed by atoms with E-state index in [1.165, 1.54) is 31.0 Å². The number of benzene rings is 3. The second-order valence-corrected chi connectivity index (χ2v) is 16.7. The van der Waals surface area contributed by atoms with E-state index in [0.29, 0.717) is 35.8 Å². The summed E-state index contributed by atoms with van der Waals surface area (Å²) in [6.45, 7) is 8.84. The first-order valence-electron chi connectivity index (χ1n) is 16.6. The molecule has 1 atom stereocenters. The van der Waals surface area contributed by atoms with E-state index in [2.05, 4.69) is 26.1 Å². The highest BCUT2D eigenvalue weighted by atomic mass is 32.2. The van der Waals surface area contributed by atoms with Crippen molar-refractivity contribution in [1.29, 1.82) is 0 Å². The topological polar surface area (TPSA) is 104 Å². The molecule has 1 amide bonds. The average Bonchev–Trinajstić information content (AvgIpc) is 3.05. The van der Waals surface area contributed by atoms with Crippen molar-refractivity contribution in [2.75, 3.05) is 18.6 Å². The molecule has 1 saturated carbocycles. The highest BCUT2D eigenvalue weighted by Crippen LogP contribution is 2.32. The molecule has 47 heavy (non-hydrogen) atoms. The minimum absolute atomic E-state index is 0.0948. The maximum atomic E-state index is 14.2. The van der Waals surface area contributed by atoms with Gasteiger partial charge in [-0.2, -0.15) is 16.1 Å². The summed E-state index contributed by atoms with van der Waals surface area (Å²) in [5, 5.41) is 12.5. The smallest absolute Gasteiger partial charge is 0.326 e. The molecular weight excluding hydrogens is 629 g/mol. The summed E-state index contributed by atoms with van der Waals surface area (Å²) in [7, 11) is -3.82. The third kappa shape index (κ3) is 9.71. The molecule has 9 heteroatoms. The number of aryl methyl sites for hydroxylation is 1. The molecular formula is C38H50N2O5S2. The van der Waals surface area contributed by atoms with Gasteiger partial charge in [0, 0.05) is 18.7 Å². The number of hydrogen-bond donors (Lipinski definition) is 2. The largest absolute Gasteiger partial charge is 0.480 e. The number of nitrogens with one attached hydrogen (secondary N) is 1. The lowest BCUT2D eigenvalue weighted by atomic mass is 9.87. The maximum absolute atomic E-state index is 14.2. The van der Waals surface area contributed by atoms with Gasteiger partial charge < -0.3 is 10.4 Å². The van der Waals surface area contributed by atoms with Gasteiger partial charge in [0.05, 0.1) is 4.90 Å². The van der Waals surface area contributed by atoms with E-state index in [9.17, 15) is 23.1 Å². The number of carbonyl (C=O) groups excluding carboxylic acids is 1. The van der Waals surface area contributed by atoms with Crippen molar-refractivity contribution in [3.05, 3.63) is 89.0 Å². The molecule has 0 aliphatic heterocycles. The maximum Gasteiger partial charge on any atom is 0.326 e. The van der Waals surface area contributed by atoms with Crippen molar-refractivity contribution in [2.24, 2.45) is 5.92 Å². The van der Waals surface area contributed by atoms with Crippen LogP contribution in [0.5, 0.6) is 0 Å². The molecule has 0 saturated heterocycles. The van der Waals surface area contributed by atoms with Gasteiger partial charge in [0.2, 0.25) is 10.0 Å². The molecule has 1 aliphatic carbocycles. The van der Waals surface area contributed by atoms with Crippen LogP contribution in [0.2, 0.25) is 0 Å². The van der Waals surface area contributed by atoms with Crippen LogP contribution in [-0.4, -0.2) is 54.3 Å². The van der Waals surface area contributed by atoms with E-state index in [0.717, 1.165) is 41.5 Å². The van der Waals surface area contributed by atoms with Gasteiger partial charge in [0.25, 0.3) is 5.91 Å². The molecule has 254 valence electrons. The standard InChI is InChI=1S/C38H50N2O5S2/c1-27-11-9-10-14-32(27)34-25-29(15-20-33(34)36(41)39-35(37(42)43)22-24-46-5)26-40(23-21-28-12-7-6-8-13-28)47(44,45)31-18-16-30(17-19-31)38(2,3)4/h9-11,14-20,25,28,35H,6-8,12-13,21-24,26H2,1-5H3,(H,39,41)(H,42,43)/t35-/m0/s1. The Hall–Kier alpha value is -3.14. The summed E-state index contributed by atoms with van der Waals surface area (Å²) >= 11 is 1.53. The Morgan fingerprint density at radius 2 is 1.66 bits per heavy atom. The fraction of sp³-hybridized carbons (Fsp3) is 0.474. The zero-order chi connectivity index (χ0) is 34.2. The minimum Gasteiger partial charge on any atom is -0.480 e. The third-order valence-electron chi connectivity index (χ3n) is 9.21. The molecule has 1 aliphatic rings. The lowest BCUT2D eigenvalue weighted by Gasteiger charge is -2.27. The quantitative estimate of drug-likeness (QED) is 0.179. The molecule has 0 bridgehead atoms. The first kappa shape index (κ1) is 36.7. The van der Waals surface area contributed by atoms with Crippen LogP contribution in [0, 0.1) is 12.8 Å². The molecule has 0 aromatic heterocycles. The van der Waals surface area contributed by atoms with Crippen molar-refractivity contribution in [3.8, 4) is 11.1 Å². The molecule has 4 rings (SSSR count). The first-order valence-corrected chi connectivity index (χ1v) is 19.5. The number of sulfonamides is 1. The van der Waals surface area contributed by atoms with Crippen molar-refractivity contribution in [3.63, 3.8) is 0 Å². The van der Waals surface area contributed by atoms with E-state index < -0.39 is 27.9 Å². The Labute approximate surface area is 285 Å². The fourth-order valence-electron chi connectivity index (χ4n) is 6.28. The van der Waals surface area contributed by atoms with Gasteiger partial charge in [-0.1, -0.05) is 95.3 Å². The Bertz CT molecular complexity index is 1620. The number of hydrogen-bond acceptors (Lipinski definition) is 5. The second kappa shape index (κ2) is 16.3. The summed E-state index contributed by atoms with van der Waals surface area (Å²) in [5.74, 6) is -0.434. The molecule has 0 unspecified atom stereocenters. The Kier molecular flexibility index (Phi) is 12.7. The van der Waals surface area contributed by atoms with Crippen molar-refractivity contribution in [1.82, 2.24) is 9.62 Å². The lowest BCUT2D eigenvalue weighted by Crippen LogP contribution is -2.41. The fourth-order valence-corrected chi connectivity index (χ4v) is 8.20. The van der Waals surface area contributed by atoms with Crippen molar-refractivity contribution >= 4 is 33.7 Å². The molecule has 0 radical (unpaired) electrons. The number of aliphatic carboxylic acids is 1. The lowest BCUT2D eigenvalue weighted by molar-refractivity contribution is -0.139. The molecule has 0 heterocycles. The van der Waals surface area contributed by atoms with E-state index in [1.807, 2.05) is 55.6 Å². The zero-order valence-corrected chi connectivity index (χ0v) is 30.1. The van der Waals surface area contributed by atoms with Crippen molar-refractivity contribution in [2.45, 2.75) is 95.5 Å². The van der Waals surface area contributed by atoms with Gasteiger partial charge in [0.1, 0.15) is 6.04 Å². The SMILES string of the molecule is CSCC[C@H](NC(=O)c1ccc(CN(CCC2CCCCC2)S(=O)(=O)c2ccc(C(C)(C)C)cc2)cc1-c1ccccc1C)C(=O)O. The van der Waals surface area contributed by atoms with E-state index in [4.69, 9.17) is 0 Å². The Morgan fingerprint density at radius 1 is 0.979 bits per heavy atom. The van der Waals surface area contributed by atoms with Crippen LogP contribution in [0.3, 0.4) is 0 Å². The highest BCUT2D eigenvalue weighted by Gasteiger charge is 2.28. The molecule has 0 spiro atoms. The molecule has 2 N–H and O–H groups in total. The normalized spacial score (nSPS) is 15.0. The number of rotatable bonds is 14. The van der Waals surface area contributed by atoms with E-state index in [1.54, 1.807) is 28.6 Å². The molecule has 3 aromatic carbocycles. The number of nitrogens with zero attached hydrogens (tertiary/aromatic N) is 1. The number of carbonyl (C=O) groups is 2. The van der Waals surface area contributed by atoms with Gasteiger partial charge in [-0.3, -0.25) is 4.79 Å². The number of carboxylic acid groups (broad SMARTS) is 1. The summed E-state index contributed by atoms with van der Waals surface area (Å²) in [5.41, 5.74) is 4.53. The highest BCUT2D eigenvalue weighted by molar-refractivity contribution is 7.98. The summed E-state index contributed by atoms with van der Waals surface area (Å²) in [6, 6.07) is 19.3. The first-order chi connectivity index (χ1) is 22.3. The van der Waals surface area contributed by atoms with Crippen LogP contribution in [0.1, 0.15) is 92.8 Å². The zero-order valence-electron chi connectivity index (χ0n) is 28.4. The van der Waals surface area contributed by atoms with Crippen LogP contribution < -0.4 is 5.32 Å². The minimum atomic E-state index is -3.82. The van der Waals surface area contributed by atoms with Gasteiger partial charge in [-0.15, -0.1) is 0 Å². The van der Waals surface area contributed by atoms with Gasteiger partial charge in [0.15, 0.2) is 0 Å². The van der Waals surface area contributed by atoms with Crippen molar-refractivity contribution < 1.29 is 23.1 Å². The molecule has 7 nitrogen and oxygen atoms in total. The van der Waals surface area contributed by atoms with Gasteiger partial charge >= 0.3 is 5.97 Å². The summed E-state index contributed by atoms with van der Waals surface area (Å²) in [4.78, 5) is 25.8. The van der Waals surface area contributed by atoms with Crippen LogP contribution >= 0.6 is 11.8 Å². The monoisotopic (exact) mass is 678 g/mol. The second-order valence-electron chi connectivity index (χ2n) is 13.7. The number of amides is 1. The van der Waals surface area contributed by atoms with Crippen LogP contribution in [0.4, 0.5) is 0 Å². The predicted molar refractivity (Wildman–Crippen MR) is 192 cm³/mol. The Morgan fingerprint density at radius 3 is 2.28 bits per heavy atom. The van der Waals surface area contributed by atoms with E-state index in [-0.39, 0.29) is 16.9 Å². The average molecular weight is 679 g/mol. The summed E-state index contributed by atoms with van der Waals surface area (Å²) in [6.07, 6.45) is 8.89. The Balaban J connectivity index is 1.71. The van der Waals surface area contributed by atoms with E-state index >= 15 is 0 Å². The summed E-state index contributed by atoms with van der Waals surface area (Å²) < 4.78 is 30.1.